The molecule has 1 heterocycles. The van der Waals surface area contributed by atoms with E-state index in [9.17, 15) is 9.18 Å². The number of nitrogens with two attached hydrogens (primary N) is 1. The molecule has 0 fully saturated rings. The molecule has 0 saturated heterocycles. The first-order valence-corrected chi connectivity index (χ1v) is 5.60. The number of benzene rings is 1. The van der Waals surface area contributed by atoms with Crippen LogP contribution in [0.15, 0.2) is 30.5 Å². The minimum absolute atomic E-state index is 0.0592. The van der Waals surface area contributed by atoms with Gasteiger partial charge in [-0.1, -0.05) is 0 Å². The van der Waals surface area contributed by atoms with Crippen molar-refractivity contribution in [2.45, 2.75) is 0 Å². The Morgan fingerprint density at radius 3 is 2.80 bits per heavy atom. The quantitative estimate of drug-likeness (QED) is 0.793. The monoisotopic (exact) mass is 277 g/mol. The highest BCUT2D eigenvalue weighted by Gasteiger charge is 2.10. The second-order valence-electron chi connectivity index (χ2n) is 3.94. The van der Waals surface area contributed by atoms with Gasteiger partial charge in [0, 0.05) is 11.8 Å². The zero-order valence-corrected chi connectivity index (χ0v) is 10.6. The van der Waals surface area contributed by atoms with Crippen LogP contribution in [-0.2, 0) is 0 Å². The molecule has 1 aromatic heterocycles. The van der Waals surface area contributed by atoms with Crippen LogP contribution in [0.5, 0.6) is 5.75 Å². The summed E-state index contributed by atoms with van der Waals surface area (Å²) in [6, 6.07) is 5.53. The molecule has 104 valence electrons. The van der Waals surface area contributed by atoms with E-state index in [0.29, 0.717) is 5.69 Å². The molecule has 7 heteroatoms. The number of carbonyl (C=O) groups is 1. The number of nitrogen functional groups attached to an aromatic ring is 1. The van der Waals surface area contributed by atoms with Crippen LogP contribution in [0.3, 0.4) is 0 Å². The molecule has 0 radical (unpaired) electrons. The minimum Gasteiger partial charge on any atom is -0.494 e. The average Bonchev–Trinajstić information content (AvgIpc) is 2.41. The van der Waals surface area contributed by atoms with Crippen molar-refractivity contribution >= 4 is 23.2 Å². The molecule has 0 aliphatic rings. The first-order chi connectivity index (χ1) is 9.51. The SMILES string of the molecule is COc1ccc(Nc2cc(C(=O)O)c(N)cn2)cc1F. The van der Waals surface area contributed by atoms with Crippen molar-refractivity contribution in [3.63, 3.8) is 0 Å². The molecule has 0 saturated carbocycles. The Balaban J connectivity index is 2.28. The maximum Gasteiger partial charge on any atom is 0.337 e. The lowest BCUT2D eigenvalue weighted by Crippen LogP contribution is -2.05. The van der Waals surface area contributed by atoms with E-state index >= 15 is 0 Å². The van der Waals surface area contributed by atoms with Crippen LogP contribution in [0.4, 0.5) is 21.6 Å². The number of anilines is 3. The van der Waals surface area contributed by atoms with Crippen molar-refractivity contribution in [3.8, 4) is 5.75 Å². The summed E-state index contributed by atoms with van der Waals surface area (Å²) >= 11 is 0. The fourth-order valence-electron chi connectivity index (χ4n) is 1.61. The van der Waals surface area contributed by atoms with Gasteiger partial charge in [-0.2, -0.15) is 0 Å². The molecule has 0 amide bonds. The molecular weight excluding hydrogens is 265 g/mol. The molecule has 4 N–H and O–H groups in total. The molecule has 0 spiro atoms. The molecule has 1 aromatic carbocycles. The van der Waals surface area contributed by atoms with Crippen LogP contribution in [0.2, 0.25) is 0 Å². The van der Waals surface area contributed by atoms with Crippen molar-refractivity contribution in [3.05, 3.63) is 41.8 Å². The topological polar surface area (TPSA) is 97.5 Å². The number of ether oxygens (including phenoxy) is 1. The number of nitrogens with zero attached hydrogens (tertiary/aromatic N) is 1. The van der Waals surface area contributed by atoms with E-state index < -0.39 is 11.8 Å². The van der Waals surface area contributed by atoms with Gasteiger partial charge in [0.1, 0.15) is 5.82 Å². The van der Waals surface area contributed by atoms with E-state index in [1.807, 2.05) is 0 Å². The fourth-order valence-corrected chi connectivity index (χ4v) is 1.61. The van der Waals surface area contributed by atoms with E-state index in [1.165, 1.54) is 31.5 Å². The van der Waals surface area contributed by atoms with Crippen LogP contribution < -0.4 is 15.8 Å². The third-order valence-corrected chi connectivity index (χ3v) is 2.59. The first-order valence-electron chi connectivity index (χ1n) is 5.60. The van der Waals surface area contributed by atoms with Crippen molar-refractivity contribution in [2.75, 3.05) is 18.2 Å². The van der Waals surface area contributed by atoms with Gasteiger partial charge < -0.3 is 20.9 Å². The summed E-state index contributed by atoms with van der Waals surface area (Å²) in [5.41, 5.74) is 5.90. The smallest absolute Gasteiger partial charge is 0.337 e. The fraction of sp³-hybridized carbons (Fsp3) is 0.0769. The number of nitrogens with one attached hydrogen (secondary N) is 1. The van der Waals surface area contributed by atoms with Crippen LogP contribution in [0.25, 0.3) is 0 Å². The Kier molecular flexibility index (Phi) is 3.69. The van der Waals surface area contributed by atoms with Gasteiger partial charge >= 0.3 is 5.97 Å². The summed E-state index contributed by atoms with van der Waals surface area (Å²) < 4.78 is 18.3. The number of carboxylic acid groups (broad SMARTS) is 1. The lowest BCUT2D eigenvalue weighted by atomic mass is 10.2. The lowest BCUT2D eigenvalue weighted by Gasteiger charge is -2.09. The van der Waals surface area contributed by atoms with Crippen molar-refractivity contribution < 1.29 is 19.0 Å². The van der Waals surface area contributed by atoms with Gasteiger partial charge in [-0.05, 0) is 18.2 Å². The molecule has 0 unspecified atom stereocenters. The molecule has 20 heavy (non-hydrogen) atoms. The highest BCUT2D eigenvalue weighted by molar-refractivity contribution is 5.94. The minimum atomic E-state index is -1.16. The molecule has 0 bridgehead atoms. The largest absolute Gasteiger partial charge is 0.494 e. The summed E-state index contributed by atoms with van der Waals surface area (Å²) in [5.74, 6) is -1.33. The maximum atomic E-state index is 13.5. The predicted molar refractivity (Wildman–Crippen MR) is 71.8 cm³/mol. The van der Waals surface area contributed by atoms with Crippen LogP contribution in [0, 0.1) is 5.82 Å². The number of aromatic carboxylic acids is 1. The molecule has 6 nitrogen and oxygen atoms in total. The second kappa shape index (κ2) is 5.43. The Bertz CT molecular complexity index is 661. The summed E-state index contributed by atoms with van der Waals surface area (Å²) in [5, 5.41) is 11.7. The molecular formula is C13H12FN3O3. The highest BCUT2D eigenvalue weighted by atomic mass is 19.1. The van der Waals surface area contributed by atoms with Crippen molar-refractivity contribution in [1.29, 1.82) is 0 Å². The second-order valence-corrected chi connectivity index (χ2v) is 3.94. The van der Waals surface area contributed by atoms with Crippen LogP contribution >= 0.6 is 0 Å². The van der Waals surface area contributed by atoms with E-state index in [0.717, 1.165) is 0 Å². The van der Waals surface area contributed by atoms with Gasteiger partial charge in [0.25, 0.3) is 0 Å². The highest BCUT2D eigenvalue weighted by Crippen LogP contribution is 2.24. The number of carboxylic acids is 1. The third-order valence-electron chi connectivity index (χ3n) is 2.59. The van der Waals surface area contributed by atoms with E-state index in [2.05, 4.69) is 10.3 Å². The van der Waals surface area contributed by atoms with E-state index in [-0.39, 0.29) is 22.8 Å². The number of aromatic nitrogens is 1. The Morgan fingerprint density at radius 2 is 2.20 bits per heavy atom. The number of pyridine rings is 1. The summed E-state index contributed by atoms with van der Waals surface area (Å²) in [4.78, 5) is 14.9. The maximum absolute atomic E-state index is 13.5. The number of methoxy groups -OCH3 is 1. The molecule has 2 rings (SSSR count). The van der Waals surface area contributed by atoms with Crippen molar-refractivity contribution in [2.24, 2.45) is 0 Å². The van der Waals surface area contributed by atoms with Crippen molar-refractivity contribution in [1.82, 2.24) is 4.98 Å². The number of hydrogen-bond donors (Lipinski definition) is 3. The Labute approximate surface area is 114 Å². The summed E-state index contributed by atoms with van der Waals surface area (Å²) in [6.07, 6.45) is 1.23. The molecule has 0 atom stereocenters. The first kappa shape index (κ1) is 13.6. The van der Waals surface area contributed by atoms with Gasteiger partial charge in [0.05, 0.1) is 24.6 Å². The van der Waals surface area contributed by atoms with Gasteiger partial charge in [0.15, 0.2) is 11.6 Å². The zero-order valence-electron chi connectivity index (χ0n) is 10.6. The summed E-state index contributed by atoms with van der Waals surface area (Å²) in [7, 11) is 1.37. The van der Waals surface area contributed by atoms with E-state index in [4.69, 9.17) is 15.6 Å². The lowest BCUT2D eigenvalue weighted by molar-refractivity contribution is 0.0698. The van der Waals surface area contributed by atoms with E-state index in [1.54, 1.807) is 6.07 Å². The van der Waals surface area contributed by atoms with Gasteiger partial charge in [-0.15, -0.1) is 0 Å². The standard InChI is InChI=1S/C13H12FN3O3/c1-20-11-3-2-7(4-9(11)14)17-12-5-8(13(18)19)10(15)6-16-12/h2-6H,15H2,1H3,(H,16,17)(H,18,19). The molecule has 2 aromatic rings. The molecule has 0 aliphatic heterocycles. The Morgan fingerprint density at radius 1 is 1.45 bits per heavy atom. The van der Waals surface area contributed by atoms with Gasteiger partial charge in [0.2, 0.25) is 0 Å². The number of rotatable bonds is 4. The number of hydrogen-bond acceptors (Lipinski definition) is 5. The van der Waals surface area contributed by atoms with Crippen LogP contribution in [0.1, 0.15) is 10.4 Å². The van der Waals surface area contributed by atoms with Gasteiger partial charge in [-0.25, -0.2) is 14.2 Å². The Hall–Kier alpha value is -2.83. The van der Waals surface area contributed by atoms with Gasteiger partial charge in [-0.3, -0.25) is 0 Å². The third kappa shape index (κ3) is 2.77. The number of halogens is 1. The molecule has 0 aliphatic carbocycles. The average molecular weight is 277 g/mol. The zero-order chi connectivity index (χ0) is 14.7. The predicted octanol–water partition coefficient (Wildman–Crippen LogP) is 2.25. The van der Waals surface area contributed by atoms with Crippen LogP contribution in [-0.4, -0.2) is 23.2 Å². The summed E-state index contributed by atoms with van der Waals surface area (Å²) in [6.45, 7) is 0. The normalized spacial score (nSPS) is 10.1.